The Balaban J connectivity index is 1.56. The Kier molecular flexibility index (Phi) is 7.28. The molecule has 3 amide bonds. The van der Waals surface area contributed by atoms with Crippen molar-refractivity contribution in [3.8, 4) is 0 Å². The number of unbranched alkanes of at least 4 members (excludes halogenated alkanes) is 1. The molecular formula is C23H38N4O6. The lowest BCUT2D eigenvalue weighted by Crippen LogP contribution is -2.56. The first-order valence-electron chi connectivity index (χ1n) is 12.3. The molecule has 4 heterocycles. The Hall–Kier alpha value is -1.75. The van der Waals surface area contributed by atoms with Gasteiger partial charge in [-0.2, -0.15) is 0 Å². The second-order valence-electron chi connectivity index (χ2n) is 9.65. The topological polar surface area (TPSA) is 120 Å². The molecule has 4 aliphatic rings. The molecule has 4 rings (SSSR count). The van der Waals surface area contributed by atoms with E-state index in [1.807, 2.05) is 6.92 Å². The van der Waals surface area contributed by atoms with Crippen molar-refractivity contribution >= 4 is 17.7 Å². The number of aliphatic hydroxyl groups excluding tert-OH is 1. The van der Waals surface area contributed by atoms with Crippen LogP contribution in [0.15, 0.2) is 0 Å². The lowest BCUT2D eigenvalue weighted by molar-refractivity contribution is -0.147. The van der Waals surface area contributed by atoms with E-state index in [1.165, 1.54) is 0 Å². The number of nitrogens with one attached hydrogen (secondary N) is 2. The van der Waals surface area contributed by atoms with Crippen molar-refractivity contribution in [2.45, 2.75) is 56.3 Å². The number of likely N-dealkylation sites (tertiary alicyclic amines) is 1. The molecule has 33 heavy (non-hydrogen) atoms. The highest BCUT2D eigenvalue weighted by atomic mass is 16.5. The van der Waals surface area contributed by atoms with Gasteiger partial charge in [-0.25, -0.2) is 0 Å². The summed E-state index contributed by atoms with van der Waals surface area (Å²) in [6.45, 7) is 6.65. The molecule has 0 aromatic carbocycles. The Morgan fingerprint density at radius 1 is 1.15 bits per heavy atom. The number of nitrogens with zero attached hydrogens (tertiary/aromatic N) is 2. The van der Waals surface area contributed by atoms with E-state index in [0.717, 1.165) is 19.6 Å². The van der Waals surface area contributed by atoms with Crippen molar-refractivity contribution in [1.82, 2.24) is 20.4 Å². The van der Waals surface area contributed by atoms with Crippen LogP contribution in [0.5, 0.6) is 0 Å². The van der Waals surface area contributed by atoms with Crippen LogP contribution in [0.3, 0.4) is 0 Å². The van der Waals surface area contributed by atoms with E-state index < -0.39 is 29.1 Å². The summed E-state index contributed by atoms with van der Waals surface area (Å²) in [5.41, 5.74) is -1.68. The van der Waals surface area contributed by atoms with Crippen LogP contribution >= 0.6 is 0 Å². The molecule has 4 saturated heterocycles. The molecule has 10 nitrogen and oxygen atoms in total. The molecule has 4 aliphatic heterocycles. The summed E-state index contributed by atoms with van der Waals surface area (Å²) < 4.78 is 12.0. The average Bonchev–Trinajstić information content (AvgIpc) is 3.43. The quantitative estimate of drug-likeness (QED) is 0.357. The molecular weight excluding hydrogens is 428 g/mol. The van der Waals surface area contributed by atoms with Gasteiger partial charge < -0.3 is 30.1 Å². The molecule has 4 fully saturated rings. The second kappa shape index (κ2) is 9.85. The summed E-state index contributed by atoms with van der Waals surface area (Å²) in [5, 5.41) is 15.0. The normalized spacial score (nSPS) is 35.7. The van der Waals surface area contributed by atoms with Crippen LogP contribution in [0.4, 0.5) is 0 Å². The van der Waals surface area contributed by atoms with Gasteiger partial charge in [0.25, 0.3) is 0 Å². The molecule has 0 saturated carbocycles. The van der Waals surface area contributed by atoms with Crippen LogP contribution in [-0.4, -0.2) is 109 Å². The highest BCUT2D eigenvalue weighted by molar-refractivity contribution is 5.99. The number of morpholine rings is 1. The van der Waals surface area contributed by atoms with E-state index in [9.17, 15) is 19.5 Å². The van der Waals surface area contributed by atoms with Crippen molar-refractivity contribution < 1.29 is 29.0 Å². The Morgan fingerprint density at radius 3 is 2.58 bits per heavy atom. The summed E-state index contributed by atoms with van der Waals surface area (Å²) in [7, 11) is 1.58. The van der Waals surface area contributed by atoms with E-state index in [0.29, 0.717) is 58.4 Å². The predicted molar refractivity (Wildman–Crippen MR) is 119 cm³/mol. The lowest BCUT2D eigenvalue weighted by Gasteiger charge is -2.34. The van der Waals surface area contributed by atoms with Crippen LogP contribution in [0, 0.1) is 11.8 Å². The summed E-state index contributed by atoms with van der Waals surface area (Å²) in [6, 6.07) is -0.763. The molecule has 0 aromatic rings. The van der Waals surface area contributed by atoms with Gasteiger partial charge in [-0.1, -0.05) is 6.92 Å². The van der Waals surface area contributed by atoms with E-state index in [4.69, 9.17) is 9.47 Å². The zero-order valence-corrected chi connectivity index (χ0v) is 19.8. The second-order valence-corrected chi connectivity index (χ2v) is 9.65. The first-order chi connectivity index (χ1) is 15.9. The minimum Gasteiger partial charge on any atom is -0.396 e. The minimum absolute atomic E-state index is 0.0311. The zero-order chi connectivity index (χ0) is 23.6. The van der Waals surface area contributed by atoms with E-state index in [-0.39, 0.29) is 24.3 Å². The van der Waals surface area contributed by atoms with Gasteiger partial charge >= 0.3 is 0 Å². The highest BCUT2D eigenvalue weighted by Crippen LogP contribution is 2.64. The molecule has 0 aliphatic carbocycles. The van der Waals surface area contributed by atoms with Gasteiger partial charge in [0.15, 0.2) is 0 Å². The molecule has 10 heteroatoms. The first kappa shape index (κ1) is 24.4. The fraction of sp³-hybridized carbons (Fsp3) is 0.870. The Labute approximate surface area is 195 Å². The SMILES string of the molecule is CC[C@@]12CCC3(O1)C(C(=O)NCCN1CCOCC1)N(CCCCO)C(=O)[C@@H]3[C@@H]2C(=O)NC. The number of hydrogen-bond acceptors (Lipinski definition) is 7. The van der Waals surface area contributed by atoms with E-state index in [1.54, 1.807) is 11.9 Å². The van der Waals surface area contributed by atoms with Crippen molar-refractivity contribution in [3.05, 3.63) is 0 Å². The first-order valence-corrected chi connectivity index (χ1v) is 12.3. The van der Waals surface area contributed by atoms with Gasteiger partial charge in [-0.3, -0.25) is 19.3 Å². The lowest BCUT2D eigenvalue weighted by atomic mass is 9.65. The molecule has 1 spiro atoms. The fourth-order valence-corrected chi connectivity index (χ4v) is 6.47. The molecule has 186 valence electrons. The largest absolute Gasteiger partial charge is 0.396 e. The smallest absolute Gasteiger partial charge is 0.245 e. The number of hydrogen-bond donors (Lipinski definition) is 3. The molecule has 0 radical (unpaired) electrons. The van der Waals surface area contributed by atoms with Gasteiger partial charge in [0.05, 0.1) is 30.7 Å². The van der Waals surface area contributed by atoms with E-state index >= 15 is 0 Å². The number of ether oxygens (including phenoxy) is 2. The number of aliphatic hydroxyl groups is 1. The maximum atomic E-state index is 13.7. The molecule has 5 atom stereocenters. The summed E-state index contributed by atoms with van der Waals surface area (Å²) in [5.74, 6) is -1.84. The average molecular weight is 467 g/mol. The fourth-order valence-electron chi connectivity index (χ4n) is 6.47. The predicted octanol–water partition coefficient (Wildman–Crippen LogP) is -0.892. The number of carbonyl (C=O) groups is 3. The van der Waals surface area contributed by atoms with Gasteiger partial charge in [-0.15, -0.1) is 0 Å². The van der Waals surface area contributed by atoms with Crippen LogP contribution < -0.4 is 10.6 Å². The zero-order valence-electron chi connectivity index (χ0n) is 19.8. The van der Waals surface area contributed by atoms with Gasteiger partial charge in [0, 0.05) is 46.4 Å². The van der Waals surface area contributed by atoms with Crippen molar-refractivity contribution in [2.75, 3.05) is 59.6 Å². The third kappa shape index (κ3) is 4.05. The summed E-state index contributed by atoms with van der Waals surface area (Å²) in [4.78, 5) is 44.0. The Morgan fingerprint density at radius 2 is 1.91 bits per heavy atom. The van der Waals surface area contributed by atoms with Crippen LogP contribution in [-0.2, 0) is 23.9 Å². The van der Waals surface area contributed by atoms with Gasteiger partial charge in [0.1, 0.15) is 11.6 Å². The number of amides is 3. The minimum atomic E-state index is -0.980. The number of rotatable bonds is 10. The summed E-state index contributed by atoms with van der Waals surface area (Å²) >= 11 is 0. The number of carbonyl (C=O) groups excluding carboxylic acids is 3. The van der Waals surface area contributed by atoms with Crippen molar-refractivity contribution in [3.63, 3.8) is 0 Å². The van der Waals surface area contributed by atoms with E-state index in [2.05, 4.69) is 15.5 Å². The molecule has 2 bridgehead atoms. The van der Waals surface area contributed by atoms with Crippen molar-refractivity contribution in [1.29, 1.82) is 0 Å². The van der Waals surface area contributed by atoms with Crippen LogP contribution in [0.2, 0.25) is 0 Å². The maximum Gasteiger partial charge on any atom is 0.245 e. The highest BCUT2D eigenvalue weighted by Gasteiger charge is 2.78. The monoisotopic (exact) mass is 466 g/mol. The molecule has 0 aromatic heterocycles. The summed E-state index contributed by atoms with van der Waals surface area (Å²) in [6.07, 6.45) is 3.00. The Bertz CT molecular complexity index is 759. The molecule has 2 unspecified atom stereocenters. The van der Waals surface area contributed by atoms with Crippen molar-refractivity contribution in [2.24, 2.45) is 11.8 Å². The number of fused-ring (bicyclic) bond motifs is 1. The molecule has 3 N–H and O–H groups in total. The maximum absolute atomic E-state index is 13.7. The third-order valence-corrected chi connectivity index (χ3v) is 8.10. The third-order valence-electron chi connectivity index (χ3n) is 8.10. The standard InChI is InChI=1S/C23H38N4O6/c1-3-22-6-7-23(33-22)17(16(22)19(29)24-2)21(31)27(9-4-5-13-28)18(23)20(30)25-8-10-26-11-14-32-15-12-26/h16-18,28H,3-15H2,1-2H3,(H,24,29)(H,25,30)/t16-,17+,18?,22+,23?/m1/s1. The van der Waals surface area contributed by atoms with Crippen LogP contribution in [0.25, 0.3) is 0 Å². The van der Waals surface area contributed by atoms with Crippen LogP contribution in [0.1, 0.15) is 39.0 Å². The van der Waals surface area contributed by atoms with Gasteiger partial charge in [0.2, 0.25) is 17.7 Å². The van der Waals surface area contributed by atoms with Gasteiger partial charge in [-0.05, 0) is 32.1 Å².